The molecule has 0 bridgehead atoms. The van der Waals surface area contributed by atoms with Crippen molar-refractivity contribution in [3.8, 4) is 0 Å². The third-order valence-electron chi connectivity index (χ3n) is 2.67. The van der Waals surface area contributed by atoms with Crippen LogP contribution >= 0.6 is 0 Å². The van der Waals surface area contributed by atoms with Crippen LogP contribution in [-0.2, 0) is 21.4 Å². The van der Waals surface area contributed by atoms with Gasteiger partial charge in [-0.3, -0.25) is 4.79 Å². The SMILES string of the molecule is CS(=O)(=O)NCCC(=O)Nc1cnn2c1NCCC2. The zero-order chi connectivity index (χ0) is 13.9. The molecule has 0 spiro atoms. The Kier molecular flexibility index (Phi) is 4.05. The molecule has 0 aromatic carbocycles. The first-order valence-corrected chi connectivity index (χ1v) is 7.89. The number of rotatable bonds is 5. The van der Waals surface area contributed by atoms with Crippen molar-refractivity contribution >= 4 is 27.4 Å². The van der Waals surface area contributed by atoms with Gasteiger partial charge in [-0.1, -0.05) is 0 Å². The number of nitrogens with zero attached hydrogens (tertiary/aromatic N) is 2. The van der Waals surface area contributed by atoms with Gasteiger partial charge in [0.2, 0.25) is 15.9 Å². The van der Waals surface area contributed by atoms with Gasteiger partial charge in [-0.05, 0) is 6.42 Å². The quantitative estimate of drug-likeness (QED) is 0.682. The average molecular weight is 287 g/mol. The minimum atomic E-state index is -3.25. The van der Waals surface area contributed by atoms with Crippen LogP contribution in [0.2, 0.25) is 0 Å². The summed E-state index contributed by atoms with van der Waals surface area (Å²) in [5, 5.41) is 10.0. The van der Waals surface area contributed by atoms with E-state index >= 15 is 0 Å². The first-order chi connectivity index (χ1) is 8.96. The lowest BCUT2D eigenvalue weighted by Gasteiger charge is -2.17. The second-order valence-electron chi connectivity index (χ2n) is 4.38. The number of aryl methyl sites for hydroxylation is 1. The molecule has 2 rings (SSSR count). The molecule has 2 heterocycles. The molecule has 0 unspecified atom stereocenters. The van der Waals surface area contributed by atoms with Crippen LogP contribution < -0.4 is 15.4 Å². The highest BCUT2D eigenvalue weighted by molar-refractivity contribution is 7.88. The van der Waals surface area contributed by atoms with E-state index in [9.17, 15) is 13.2 Å². The Labute approximate surface area is 111 Å². The molecule has 0 atom stereocenters. The Morgan fingerprint density at radius 2 is 2.37 bits per heavy atom. The molecule has 9 heteroatoms. The Bertz CT molecular complexity index is 566. The second kappa shape index (κ2) is 5.57. The molecule has 3 N–H and O–H groups in total. The molecule has 0 aliphatic carbocycles. The van der Waals surface area contributed by atoms with E-state index in [0.717, 1.165) is 31.6 Å². The predicted molar refractivity (Wildman–Crippen MR) is 71.4 cm³/mol. The number of amides is 1. The van der Waals surface area contributed by atoms with Crippen LogP contribution in [0, 0.1) is 0 Å². The summed E-state index contributed by atoms with van der Waals surface area (Å²) in [6.07, 6.45) is 3.73. The molecule has 1 aliphatic heterocycles. The maximum atomic E-state index is 11.7. The van der Waals surface area contributed by atoms with Gasteiger partial charge < -0.3 is 10.6 Å². The van der Waals surface area contributed by atoms with Crippen LogP contribution in [0.3, 0.4) is 0 Å². The molecule has 19 heavy (non-hydrogen) atoms. The van der Waals surface area contributed by atoms with E-state index in [1.807, 2.05) is 0 Å². The van der Waals surface area contributed by atoms with E-state index < -0.39 is 10.0 Å². The van der Waals surface area contributed by atoms with Crippen molar-refractivity contribution in [1.29, 1.82) is 0 Å². The molecule has 8 nitrogen and oxygen atoms in total. The van der Waals surface area contributed by atoms with E-state index in [-0.39, 0.29) is 18.9 Å². The highest BCUT2D eigenvalue weighted by atomic mass is 32.2. The molecule has 0 saturated heterocycles. The van der Waals surface area contributed by atoms with Crippen LogP contribution in [0.25, 0.3) is 0 Å². The molecule has 1 amide bonds. The van der Waals surface area contributed by atoms with Crippen molar-refractivity contribution < 1.29 is 13.2 Å². The van der Waals surface area contributed by atoms with Gasteiger partial charge in [0.05, 0.1) is 12.5 Å². The van der Waals surface area contributed by atoms with Gasteiger partial charge in [-0.25, -0.2) is 17.8 Å². The largest absolute Gasteiger partial charge is 0.368 e. The summed E-state index contributed by atoms with van der Waals surface area (Å²) in [5.74, 6) is 0.551. The van der Waals surface area contributed by atoms with Gasteiger partial charge in [0, 0.05) is 26.1 Å². The molecule has 106 valence electrons. The van der Waals surface area contributed by atoms with Crippen LogP contribution in [0.15, 0.2) is 6.20 Å². The number of hydrogen-bond donors (Lipinski definition) is 3. The number of carbonyl (C=O) groups is 1. The summed E-state index contributed by atoms with van der Waals surface area (Å²) < 4.78 is 25.8. The summed E-state index contributed by atoms with van der Waals surface area (Å²) in [6, 6.07) is 0. The van der Waals surface area contributed by atoms with E-state index in [0.29, 0.717) is 5.69 Å². The molecule has 0 radical (unpaired) electrons. The van der Waals surface area contributed by atoms with E-state index in [1.165, 1.54) is 0 Å². The van der Waals surface area contributed by atoms with Crippen LogP contribution in [0.5, 0.6) is 0 Å². The Hall–Kier alpha value is -1.61. The molecular weight excluding hydrogens is 270 g/mol. The number of sulfonamides is 1. The maximum absolute atomic E-state index is 11.7. The fraction of sp³-hybridized carbons (Fsp3) is 0.600. The zero-order valence-electron chi connectivity index (χ0n) is 10.6. The molecular formula is C10H17N5O3S. The van der Waals surface area contributed by atoms with Gasteiger partial charge >= 0.3 is 0 Å². The van der Waals surface area contributed by atoms with Gasteiger partial charge in [0.1, 0.15) is 11.5 Å². The van der Waals surface area contributed by atoms with Crippen molar-refractivity contribution in [2.24, 2.45) is 0 Å². The summed E-state index contributed by atoms with van der Waals surface area (Å²) in [4.78, 5) is 11.7. The van der Waals surface area contributed by atoms with Gasteiger partial charge in [-0.15, -0.1) is 0 Å². The summed E-state index contributed by atoms with van der Waals surface area (Å²) >= 11 is 0. The minimum Gasteiger partial charge on any atom is -0.368 e. The van der Waals surface area contributed by atoms with Gasteiger partial charge in [0.15, 0.2) is 0 Å². The normalized spacial score (nSPS) is 14.6. The predicted octanol–water partition coefficient (Wildman–Crippen LogP) is -0.424. The summed E-state index contributed by atoms with van der Waals surface area (Å²) in [5.41, 5.74) is 0.629. The van der Waals surface area contributed by atoms with E-state index in [1.54, 1.807) is 10.9 Å². The maximum Gasteiger partial charge on any atom is 0.225 e. The van der Waals surface area contributed by atoms with E-state index in [4.69, 9.17) is 0 Å². The highest BCUT2D eigenvalue weighted by Crippen LogP contribution is 2.24. The number of fused-ring (bicyclic) bond motifs is 1. The number of carbonyl (C=O) groups excluding carboxylic acids is 1. The van der Waals surface area contributed by atoms with Crippen LogP contribution in [0.4, 0.5) is 11.5 Å². The van der Waals surface area contributed by atoms with Crippen molar-refractivity contribution in [2.75, 3.05) is 30.0 Å². The van der Waals surface area contributed by atoms with Crippen molar-refractivity contribution in [1.82, 2.24) is 14.5 Å². The molecule has 0 saturated carbocycles. The number of nitrogens with one attached hydrogen (secondary N) is 3. The van der Waals surface area contributed by atoms with Crippen molar-refractivity contribution in [2.45, 2.75) is 19.4 Å². The third-order valence-corrected chi connectivity index (χ3v) is 3.40. The fourth-order valence-electron chi connectivity index (χ4n) is 1.83. The highest BCUT2D eigenvalue weighted by Gasteiger charge is 2.15. The van der Waals surface area contributed by atoms with Crippen LogP contribution in [0.1, 0.15) is 12.8 Å². The first-order valence-electron chi connectivity index (χ1n) is 6.00. The zero-order valence-corrected chi connectivity index (χ0v) is 11.5. The third kappa shape index (κ3) is 3.93. The lowest BCUT2D eigenvalue weighted by molar-refractivity contribution is -0.116. The molecule has 1 aliphatic rings. The molecule has 1 aromatic rings. The van der Waals surface area contributed by atoms with Gasteiger partial charge in [-0.2, -0.15) is 5.10 Å². The molecule has 0 fully saturated rings. The standard InChI is InChI=1S/C10H17N5O3S/c1-19(17,18)13-5-3-9(16)14-8-7-12-15-6-2-4-11-10(8)15/h7,11,13H,2-6H2,1H3,(H,14,16). The first kappa shape index (κ1) is 13.8. The lowest BCUT2D eigenvalue weighted by atomic mass is 10.3. The average Bonchev–Trinajstić information content (AvgIpc) is 2.71. The molecule has 1 aromatic heterocycles. The monoisotopic (exact) mass is 287 g/mol. The second-order valence-corrected chi connectivity index (χ2v) is 6.21. The van der Waals surface area contributed by atoms with E-state index in [2.05, 4.69) is 20.5 Å². The van der Waals surface area contributed by atoms with Gasteiger partial charge in [0.25, 0.3) is 0 Å². The number of hydrogen-bond acceptors (Lipinski definition) is 5. The van der Waals surface area contributed by atoms with Crippen LogP contribution in [-0.4, -0.2) is 43.5 Å². The smallest absolute Gasteiger partial charge is 0.225 e. The van der Waals surface area contributed by atoms with Crippen molar-refractivity contribution in [3.05, 3.63) is 6.20 Å². The Morgan fingerprint density at radius 1 is 1.58 bits per heavy atom. The summed E-state index contributed by atoms with van der Waals surface area (Å²) in [6.45, 7) is 1.76. The number of anilines is 2. The minimum absolute atomic E-state index is 0.0810. The van der Waals surface area contributed by atoms with Crippen molar-refractivity contribution in [3.63, 3.8) is 0 Å². The number of aromatic nitrogens is 2. The lowest BCUT2D eigenvalue weighted by Crippen LogP contribution is -2.27. The Morgan fingerprint density at radius 3 is 3.11 bits per heavy atom. The summed E-state index contributed by atoms with van der Waals surface area (Å²) in [7, 11) is -3.25. The Balaban J connectivity index is 1.87. The fourth-order valence-corrected chi connectivity index (χ4v) is 2.30. The topological polar surface area (TPSA) is 105 Å².